The zero-order chi connectivity index (χ0) is 13.4. The fraction of sp³-hybridized carbons (Fsp3) is 0.692. The van der Waals surface area contributed by atoms with Gasteiger partial charge in [0.05, 0.1) is 0 Å². The van der Waals surface area contributed by atoms with Gasteiger partial charge in [0.15, 0.2) is 0 Å². The molecule has 4 nitrogen and oxygen atoms in total. The molecule has 0 atom stereocenters. The van der Waals surface area contributed by atoms with E-state index in [1.807, 2.05) is 12.4 Å². The molecular weight excluding hydrogens is 339 g/mol. The quantitative estimate of drug-likeness (QED) is 0.666. The first-order chi connectivity index (χ1) is 8.71. The standard InChI is InChI=1S/C13H23IN4/c1-4-17(5-2)8-7-9-18(6-3)13-15-10-12(14)11-16-13/h10-11H,4-9H2,1-3H3. The maximum Gasteiger partial charge on any atom is 0.225 e. The van der Waals surface area contributed by atoms with Gasteiger partial charge in [-0.15, -0.1) is 0 Å². The molecule has 0 aliphatic rings. The van der Waals surface area contributed by atoms with Crippen LogP contribution in [0.5, 0.6) is 0 Å². The molecule has 0 aliphatic heterocycles. The van der Waals surface area contributed by atoms with Gasteiger partial charge >= 0.3 is 0 Å². The van der Waals surface area contributed by atoms with Crippen LogP contribution in [0.1, 0.15) is 27.2 Å². The second-order valence-electron chi connectivity index (χ2n) is 4.16. The van der Waals surface area contributed by atoms with E-state index in [0.29, 0.717) is 0 Å². The summed E-state index contributed by atoms with van der Waals surface area (Å²) in [4.78, 5) is 13.4. The molecule has 1 rings (SSSR count). The van der Waals surface area contributed by atoms with Gasteiger partial charge in [0.25, 0.3) is 0 Å². The van der Waals surface area contributed by atoms with Crippen LogP contribution in [0.4, 0.5) is 5.95 Å². The molecule has 1 aromatic rings. The molecule has 0 saturated heterocycles. The maximum absolute atomic E-state index is 4.38. The number of aromatic nitrogens is 2. The van der Waals surface area contributed by atoms with Crippen molar-refractivity contribution in [3.8, 4) is 0 Å². The minimum Gasteiger partial charge on any atom is -0.341 e. The Hall–Kier alpha value is -0.430. The first kappa shape index (κ1) is 15.6. The van der Waals surface area contributed by atoms with Crippen LogP contribution in [0.2, 0.25) is 0 Å². The largest absolute Gasteiger partial charge is 0.341 e. The highest BCUT2D eigenvalue weighted by Crippen LogP contribution is 2.09. The van der Waals surface area contributed by atoms with Crippen molar-refractivity contribution in [2.75, 3.05) is 37.6 Å². The van der Waals surface area contributed by atoms with E-state index < -0.39 is 0 Å². The molecule has 0 spiro atoms. The van der Waals surface area contributed by atoms with Crippen molar-refractivity contribution in [2.45, 2.75) is 27.2 Å². The molecule has 0 N–H and O–H groups in total. The van der Waals surface area contributed by atoms with E-state index in [9.17, 15) is 0 Å². The van der Waals surface area contributed by atoms with E-state index in [2.05, 4.69) is 63.1 Å². The van der Waals surface area contributed by atoms with Gasteiger partial charge in [0.1, 0.15) is 0 Å². The summed E-state index contributed by atoms with van der Waals surface area (Å²) in [7, 11) is 0. The third kappa shape index (κ3) is 5.06. The lowest BCUT2D eigenvalue weighted by atomic mass is 10.3. The van der Waals surface area contributed by atoms with E-state index >= 15 is 0 Å². The number of halogens is 1. The van der Waals surface area contributed by atoms with Crippen molar-refractivity contribution >= 4 is 28.5 Å². The van der Waals surface area contributed by atoms with Gasteiger partial charge in [-0.25, -0.2) is 9.97 Å². The Bertz CT molecular complexity index is 324. The number of hydrogen-bond acceptors (Lipinski definition) is 4. The molecule has 18 heavy (non-hydrogen) atoms. The zero-order valence-corrected chi connectivity index (χ0v) is 13.7. The first-order valence-corrected chi connectivity index (χ1v) is 7.73. The predicted molar refractivity (Wildman–Crippen MR) is 85.0 cm³/mol. The van der Waals surface area contributed by atoms with Crippen LogP contribution in [0.15, 0.2) is 12.4 Å². The smallest absolute Gasteiger partial charge is 0.225 e. The van der Waals surface area contributed by atoms with Crippen LogP contribution in [0, 0.1) is 3.57 Å². The van der Waals surface area contributed by atoms with Gasteiger partial charge in [-0.2, -0.15) is 0 Å². The molecule has 0 radical (unpaired) electrons. The van der Waals surface area contributed by atoms with Crippen LogP contribution >= 0.6 is 22.6 Å². The highest BCUT2D eigenvalue weighted by molar-refractivity contribution is 14.1. The number of nitrogens with zero attached hydrogens (tertiary/aromatic N) is 4. The van der Waals surface area contributed by atoms with Gasteiger partial charge in [-0.05, 0) is 55.6 Å². The summed E-state index contributed by atoms with van der Waals surface area (Å²) in [5.41, 5.74) is 0. The lowest BCUT2D eigenvalue weighted by Crippen LogP contribution is -2.30. The first-order valence-electron chi connectivity index (χ1n) is 6.66. The molecule has 0 aromatic carbocycles. The van der Waals surface area contributed by atoms with E-state index in [1.54, 1.807) is 0 Å². The predicted octanol–water partition coefficient (Wildman–Crippen LogP) is 2.64. The summed E-state index contributed by atoms with van der Waals surface area (Å²) in [6.45, 7) is 12.0. The summed E-state index contributed by atoms with van der Waals surface area (Å²) in [6, 6.07) is 0. The fourth-order valence-corrected chi connectivity index (χ4v) is 2.17. The van der Waals surface area contributed by atoms with E-state index in [0.717, 1.165) is 48.7 Å². The van der Waals surface area contributed by atoms with Gasteiger partial charge in [0, 0.05) is 29.1 Å². The Morgan fingerprint density at radius 1 is 1.00 bits per heavy atom. The summed E-state index contributed by atoms with van der Waals surface area (Å²) in [5.74, 6) is 0.845. The van der Waals surface area contributed by atoms with Gasteiger partial charge in [-0.3, -0.25) is 0 Å². The van der Waals surface area contributed by atoms with E-state index in [-0.39, 0.29) is 0 Å². The highest BCUT2D eigenvalue weighted by atomic mass is 127. The van der Waals surface area contributed by atoms with Crippen molar-refractivity contribution in [3.05, 3.63) is 16.0 Å². The molecule has 0 unspecified atom stereocenters. The van der Waals surface area contributed by atoms with Crippen molar-refractivity contribution in [2.24, 2.45) is 0 Å². The second-order valence-corrected chi connectivity index (χ2v) is 5.41. The molecular formula is C13H23IN4. The van der Waals surface area contributed by atoms with Crippen molar-refractivity contribution < 1.29 is 0 Å². The molecule has 1 aromatic heterocycles. The SMILES string of the molecule is CCN(CC)CCCN(CC)c1ncc(I)cn1. The molecule has 0 fully saturated rings. The second kappa shape index (κ2) is 8.63. The molecule has 5 heteroatoms. The van der Waals surface area contributed by atoms with E-state index in [4.69, 9.17) is 0 Å². The van der Waals surface area contributed by atoms with Crippen LogP contribution in [-0.2, 0) is 0 Å². The Labute approximate surface area is 124 Å². The van der Waals surface area contributed by atoms with Gasteiger partial charge in [0.2, 0.25) is 5.95 Å². The summed E-state index contributed by atoms with van der Waals surface area (Å²) in [5, 5.41) is 0. The molecule has 0 bridgehead atoms. The van der Waals surface area contributed by atoms with E-state index in [1.165, 1.54) is 0 Å². The number of rotatable bonds is 8. The topological polar surface area (TPSA) is 32.3 Å². The Balaban J connectivity index is 2.44. The zero-order valence-electron chi connectivity index (χ0n) is 11.6. The Morgan fingerprint density at radius 2 is 1.61 bits per heavy atom. The molecule has 0 amide bonds. The van der Waals surface area contributed by atoms with Crippen LogP contribution in [0.25, 0.3) is 0 Å². The average molecular weight is 362 g/mol. The average Bonchev–Trinajstić information content (AvgIpc) is 2.41. The van der Waals surface area contributed by atoms with Gasteiger partial charge in [-0.1, -0.05) is 13.8 Å². The molecule has 1 heterocycles. The van der Waals surface area contributed by atoms with Crippen molar-refractivity contribution in [1.29, 1.82) is 0 Å². The highest BCUT2D eigenvalue weighted by Gasteiger charge is 2.07. The molecule has 0 aliphatic carbocycles. The van der Waals surface area contributed by atoms with Crippen molar-refractivity contribution in [1.82, 2.24) is 14.9 Å². The lowest BCUT2D eigenvalue weighted by molar-refractivity contribution is 0.300. The summed E-state index contributed by atoms with van der Waals surface area (Å²) < 4.78 is 1.08. The minimum absolute atomic E-state index is 0.845. The van der Waals surface area contributed by atoms with Crippen molar-refractivity contribution in [3.63, 3.8) is 0 Å². The van der Waals surface area contributed by atoms with Crippen LogP contribution < -0.4 is 4.90 Å². The number of hydrogen-bond donors (Lipinski definition) is 0. The monoisotopic (exact) mass is 362 g/mol. The minimum atomic E-state index is 0.845. The normalized spacial score (nSPS) is 10.9. The molecule has 0 saturated carbocycles. The third-order valence-corrected chi connectivity index (χ3v) is 3.63. The van der Waals surface area contributed by atoms with Crippen LogP contribution in [0.3, 0.4) is 0 Å². The number of anilines is 1. The summed E-state index contributed by atoms with van der Waals surface area (Å²) in [6.07, 6.45) is 4.90. The third-order valence-electron chi connectivity index (χ3n) is 3.07. The molecule has 102 valence electrons. The summed E-state index contributed by atoms with van der Waals surface area (Å²) >= 11 is 2.23. The van der Waals surface area contributed by atoms with Crippen LogP contribution in [-0.4, -0.2) is 47.6 Å². The van der Waals surface area contributed by atoms with Gasteiger partial charge < -0.3 is 9.80 Å². The lowest BCUT2D eigenvalue weighted by Gasteiger charge is -2.23. The Kier molecular flexibility index (Phi) is 7.50. The Morgan fingerprint density at radius 3 is 2.11 bits per heavy atom. The fourth-order valence-electron chi connectivity index (χ4n) is 1.89. The maximum atomic E-state index is 4.38.